The van der Waals surface area contributed by atoms with E-state index in [0.717, 1.165) is 6.29 Å². The van der Waals surface area contributed by atoms with Gasteiger partial charge in [0, 0.05) is 10.9 Å². The molecule has 16 heavy (non-hydrogen) atoms. The van der Waals surface area contributed by atoms with Gasteiger partial charge in [-0.2, -0.15) is 0 Å². The second kappa shape index (κ2) is 4.72. The van der Waals surface area contributed by atoms with Gasteiger partial charge < -0.3 is 5.32 Å². The summed E-state index contributed by atoms with van der Waals surface area (Å²) in [4.78, 5) is 22.8. The molecule has 0 aliphatic carbocycles. The molecular weight excluding hydrogens is 222 g/mol. The summed E-state index contributed by atoms with van der Waals surface area (Å²) in [6.07, 6.45) is 0.767. The first-order valence-corrected chi connectivity index (χ1v) is 5.57. The Hall–Kier alpha value is -1.94. The summed E-state index contributed by atoms with van der Waals surface area (Å²) in [6, 6.07) is 10.6. The SMILES string of the molecule is O=Cc1cc(NC(=O)c2ccccc2)cs1. The molecule has 2 aromatic rings. The molecule has 0 aliphatic rings. The molecule has 0 radical (unpaired) electrons. The molecular formula is C12H9NO2S. The maximum absolute atomic E-state index is 11.7. The molecule has 3 nitrogen and oxygen atoms in total. The second-order valence-corrected chi connectivity index (χ2v) is 4.12. The largest absolute Gasteiger partial charge is 0.321 e. The van der Waals surface area contributed by atoms with Gasteiger partial charge in [-0.1, -0.05) is 18.2 Å². The normalized spacial score (nSPS) is 9.75. The van der Waals surface area contributed by atoms with E-state index < -0.39 is 0 Å². The average molecular weight is 231 g/mol. The van der Waals surface area contributed by atoms with Crippen molar-refractivity contribution in [2.24, 2.45) is 0 Å². The molecule has 1 N–H and O–H groups in total. The van der Waals surface area contributed by atoms with Crippen molar-refractivity contribution in [2.75, 3.05) is 5.32 Å². The molecule has 0 saturated carbocycles. The van der Waals surface area contributed by atoms with Crippen molar-refractivity contribution in [2.45, 2.75) is 0 Å². The van der Waals surface area contributed by atoms with Gasteiger partial charge in [0.1, 0.15) is 0 Å². The van der Waals surface area contributed by atoms with Crippen LogP contribution in [0.5, 0.6) is 0 Å². The number of carbonyl (C=O) groups is 2. The van der Waals surface area contributed by atoms with E-state index in [1.807, 2.05) is 6.07 Å². The summed E-state index contributed by atoms with van der Waals surface area (Å²) in [5.74, 6) is -0.171. The summed E-state index contributed by atoms with van der Waals surface area (Å²) in [7, 11) is 0. The molecule has 4 heteroatoms. The van der Waals surface area contributed by atoms with Gasteiger partial charge in [-0.15, -0.1) is 11.3 Å². The highest BCUT2D eigenvalue weighted by Crippen LogP contribution is 2.18. The van der Waals surface area contributed by atoms with Crippen LogP contribution in [0.2, 0.25) is 0 Å². The topological polar surface area (TPSA) is 46.2 Å². The monoisotopic (exact) mass is 231 g/mol. The fraction of sp³-hybridized carbons (Fsp3) is 0. The molecule has 1 aromatic carbocycles. The number of rotatable bonds is 3. The summed E-state index contributed by atoms with van der Waals surface area (Å²) in [6.45, 7) is 0. The number of anilines is 1. The summed E-state index contributed by atoms with van der Waals surface area (Å²) in [5, 5.41) is 4.47. The van der Waals surface area contributed by atoms with Gasteiger partial charge >= 0.3 is 0 Å². The number of nitrogens with one attached hydrogen (secondary N) is 1. The fourth-order valence-corrected chi connectivity index (χ4v) is 1.91. The Kier molecular flexibility index (Phi) is 3.12. The molecule has 0 fully saturated rings. The highest BCUT2D eigenvalue weighted by atomic mass is 32.1. The zero-order chi connectivity index (χ0) is 11.4. The Balaban J connectivity index is 2.11. The first-order valence-electron chi connectivity index (χ1n) is 4.70. The molecule has 0 atom stereocenters. The lowest BCUT2D eigenvalue weighted by Gasteiger charge is -2.01. The minimum Gasteiger partial charge on any atom is -0.321 e. The van der Waals surface area contributed by atoms with Gasteiger partial charge in [-0.25, -0.2) is 0 Å². The van der Waals surface area contributed by atoms with Gasteiger partial charge in [-0.3, -0.25) is 9.59 Å². The van der Waals surface area contributed by atoms with Crippen LogP contribution < -0.4 is 5.32 Å². The van der Waals surface area contributed by atoms with Gasteiger partial charge in [0.25, 0.3) is 5.91 Å². The van der Waals surface area contributed by atoms with E-state index in [-0.39, 0.29) is 5.91 Å². The van der Waals surface area contributed by atoms with E-state index >= 15 is 0 Å². The quantitative estimate of drug-likeness (QED) is 0.825. The lowest BCUT2D eigenvalue weighted by molar-refractivity contribution is 0.102. The molecule has 1 heterocycles. The molecule has 0 saturated heterocycles. The highest BCUT2D eigenvalue weighted by Gasteiger charge is 2.06. The van der Waals surface area contributed by atoms with E-state index in [1.54, 1.807) is 35.7 Å². The van der Waals surface area contributed by atoms with Crippen molar-refractivity contribution in [3.05, 3.63) is 52.2 Å². The van der Waals surface area contributed by atoms with Gasteiger partial charge in [0.2, 0.25) is 0 Å². The predicted molar refractivity (Wildman–Crippen MR) is 64.1 cm³/mol. The van der Waals surface area contributed by atoms with Crippen LogP contribution in [0.3, 0.4) is 0 Å². The fourth-order valence-electron chi connectivity index (χ4n) is 1.27. The first-order chi connectivity index (χ1) is 7.79. The molecule has 0 aliphatic heterocycles. The smallest absolute Gasteiger partial charge is 0.255 e. The summed E-state index contributed by atoms with van der Waals surface area (Å²) < 4.78 is 0. The van der Waals surface area contributed by atoms with Crippen LogP contribution in [0.4, 0.5) is 5.69 Å². The van der Waals surface area contributed by atoms with E-state index in [2.05, 4.69) is 5.32 Å². The number of thiophene rings is 1. The van der Waals surface area contributed by atoms with Crippen LogP contribution in [0.1, 0.15) is 20.0 Å². The van der Waals surface area contributed by atoms with E-state index in [4.69, 9.17) is 0 Å². The number of hydrogen-bond donors (Lipinski definition) is 1. The van der Waals surface area contributed by atoms with Crippen molar-refractivity contribution >= 4 is 29.2 Å². The second-order valence-electron chi connectivity index (χ2n) is 3.18. The van der Waals surface area contributed by atoms with E-state index in [9.17, 15) is 9.59 Å². The third-order valence-electron chi connectivity index (χ3n) is 2.03. The Labute approximate surface area is 96.7 Å². The Morgan fingerprint density at radius 1 is 1.25 bits per heavy atom. The van der Waals surface area contributed by atoms with Crippen molar-refractivity contribution in [3.63, 3.8) is 0 Å². The summed E-state index contributed by atoms with van der Waals surface area (Å²) in [5.41, 5.74) is 1.25. The van der Waals surface area contributed by atoms with Crippen LogP contribution in [-0.4, -0.2) is 12.2 Å². The van der Waals surface area contributed by atoms with E-state index in [0.29, 0.717) is 16.1 Å². The Morgan fingerprint density at radius 3 is 2.62 bits per heavy atom. The van der Waals surface area contributed by atoms with Crippen LogP contribution in [0.25, 0.3) is 0 Å². The average Bonchev–Trinajstić information content (AvgIpc) is 2.78. The number of benzene rings is 1. The molecule has 0 unspecified atom stereocenters. The van der Waals surface area contributed by atoms with Crippen molar-refractivity contribution in [1.29, 1.82) is 0 Å². The van der Waals surface area contributed by atoms with Crippen LogP contribution in [-0.2, 0) is 0 Å². The number of aldehydes is 1. The number of amides is 1. The maximum Gasteiger partial charge on any atom is 0.255 e. The number of hydrogen-bond acceptors (Lipinski definition) is 3. The standard InChI is InChI=1S/C12H9NO2S/c14-7-11-6-10(8-16-11)13-12(15)9-4-2-1-3-5-9/h1-8H,(H,13,15). The van der Waals surface area contributed by atoms with Crippen molar-refractivity contribution < 1.29 is 9.59 Å². The number of carbonyl (C=O) groups excluding carboxylic acids is 2. The van der Waals surface area contributed by atoms with Gasteiger partial charge in [0.15, 0.2) is 6.29 Å². The zero-order valence-electron chi connectivity index (χ0n) is 8.34. The van der Waals surface area contributed by atoms with Crippen molar-refractivity contribution in [3.8, 4) is 0 Å². The first kappa shape index (κ1) is 10.6. The van der Waals surface area contributed by atoms with Crippen LogP contribution in [0, 0.1) is 0 Å². The minimum absolute atomic E-state index is 0.171. The zero-order valence-corrected chi connectivity index (χ0v) is 9.16. The molecule has 0 bridgehead atoms. The van der Waals surface area contributed by atoms with Gasteiger partial charge in [0.05, 0.1) is 10.6 Å². The van der Waals surface area contributed by atoms with Crippen LogP contribution >= 0.6 is 11.3 Å². The predicted octanol–water partition coefficient (Wildman–Crippen LogP) is 2.81. The molecule has 80 valence electrons. The lowest BCUT2D eigenvalue weighted by atomic mass is 10.2. The minimum atomic E-state index is -0.171. The van der Waals surface area contributed by atoms with Crippen molar-refractivity contribution in [1.82, 2.24) is 0 Å². The summed E-state index contributed by atoms with van der Waals surface area (Å²) >= 11 is 1.30. The van der Waals surface area contributed by atoms with Gasteiger partial charge in [-0.05, 0) is 18.2 Å². The van der Waals surface area contributed by atoms with Crippen LogP contribution in [0.15, 0.2) is 41.8 Å². The van der Waals surface area contributed by atoms with E-state index in [1.165, 1.54) is 11.3 Å². The lowest BCUT2D eigenvalue weighted by Crippen LogP contribution is -2.10. The maximum atomic E-state index is 11.7. The molecule has 0 spiro atoms. The molecule has 1 aromatic heterocycles. The molecule has 2 rings (SSSR count). The Bertz CT molecular complexity index is 505. The third kappa shape index (κ3) is 2.35. The Morgan fingerprint density at radius 2 is 2.00 bits per heavy atom. The third-order valence-corrected chi connectivity index (χ3v) is 2.89. The molecule has 1 amide bonds. The highest BCUT2D eigenvalue weighted by molar-refractivity contribution is 7.12.